The molecule has 0 aliphatic heterocycles. The second-order valence-electron chi connectivity index (χ2n) is 5.45. The van der Waals surface area contributed by atoms with Gasteiger partial charge in [0.2, 0.25) is 0 Å². The van der Waals surface area contributed by atoms with Crippen LogP contribution < -0.4 is 4.74 Å². The molecule has 0 radical (unpaired) electrons. The van der Waals surface area contributed by atoms with Gasteiger partial charge in [-0.1, -0.05) is 23.7 Å². The van der Waals surface area contributed by atoms with E-state index in [0.717, 1.165) is 46.7 Å². The number of methoxy groups -OCH3 is 1. The Balaban J connectivity index is 1.80. The molecule has 0 saturated heterocycles. The summed E-state index contributed by atoms with van der Waals surface area (Å²) in [5.74, 6) is 1.12. The Morgan fingerprint density at radius 1 is 1.19 bits per heavy atom. The molecule has 0 heterocycles. The van der Waals surface area contributed by atoms with Crippen LogP contribution >= 0.6 is 11.6 Å². The first-order valence-electron chi connectivity index (χ1n) is 7.13. The molecule has 0 amide bonds. The molecule has 1 aliphatic rings. The Hall–Kier alpha value is -1.80. The van der Waals surface area contributed by atoms with Gasteiger partial charge in [0.25, 0.3) is 0 Å². The Labute approximate surface area is 129 Å². The minimum absolute atomic E-state index is 0.0621. The second kappa shape index (κ2) is 5.90. The minimum atomic E-state index is 0.0621. The minimum Gasteiger partial charge on any atom is -0.497 e. The van der Waals surface area contributed by atoms with E-state index in [1.807, 2.05) is 42.5 Å². The predicted molar refractivity (Wildman–Crippen MR) is 84.3 cm³/mol. The van der Waals surface area contributed by atoms with E-state index in [2.05, 4.69) is 0 Å². The number of benzene rings is 2. The smallest absolute Gasteiger partial charge is 0.166 e. The number of carbonyl (C=O) groups excluding carboxylic acids is 1. The molecule has 0 spiro atoms. The maximum Gasteiger partial charge on any atom is 0.166 e. The molecule has 21 heavy (non-hydrogen) atoms. The van der Waals surface area contributed by atoms with Crippen molar-refractivity contribution in [2.24, 2.45) is 5.92 Å². The maximum absolute atomic E-state index is 12.6. The number of rotatable bonds is 3. The molecule has 0 saturated carbocycles. The Morgan fingerprint density at radius 3 is 2.67 bits per heavy atom. The first-order chi connectivity index (χ1) is 10.2. The third-order valence-electron chi connectivity index (χ3n) is 4.11. The fraction of sp³-hybridized carbons (Fsp3) is 0.278. The molecule has 2 aromatic rings. The van der Waals surface area contributed by atoms with Crippen LogP contribution in [-0.4, -0.2) is 12.9 Å². The van der Waals surface area contributed by atoms with Gasteiger partial charge in [0.15, 0.2) is 5.78 Å². The van der Waals surface area contributed by atoms with Crippen LogP contribution in [0.5, 0.6) is 5.75 Å². The quantitative estimate of drug-likeness (QED) is 0.843. The lowest BCUT2D eigenvalue weighted by atomic mass is 9.79. The highest BCUT2D eigenvalue weighted by atomic mass is 35.5. The highest BCUT2D eigenvalue weighted by Crippen LogP contribution is 2.30. The van der Waals surface area contributed by atoms with Gasteiger partial charge >= 0.3 is 0 Å². The van der Waals surface area contributed by atoms with Crippen LogP contribution in [0.4, 0.5) is 0 Å². The van der Waals surface area contributed by atoms with Crippen molar-refractivity contribution in [3.63, 3.8) is 0 Å². The van der Waals surface area contributed by atoms with Crippen LogP contribution in [0.3, 0.4) is 0 Å². The summed E-state index contributed by atoms with van der Waals surface area (Å²) in [6.45, 7) is 0. The van der Waals surface area contributed by atoms with Crippen molar-refractivity contribution >= 4 is 17.4 Å². The average molecular weight is 301 g/mol. The lowest BCUT2D eigenvalue weighted by molar-refractivity contribution is 0.0901. The van der Waals surface area contributed by atoms with Crippen molar-refractivity contribution < 1.29 is 9.53 Å². The first-order valence-corrected chi connectivity index (χ1v) is 7.51. The van der Waals surface area contributed by atoms with Crippen LogP contribution in [0.2, 0.25) is 5.02 Å². The van der Waals surface area contributed by atoms with Crippen molar-refractivity contribution in [1.82, 2.24) is 0 Å². The molecule has 0 bridgehead atoms. The molecule has 1 atom stereocenters. The molecule has 3 rings (SSSR count). The highest BCUT2D eigenvalue weighted by molar-refractivity contribution is 6.30. The van der Waals surface area contributed by atoms with Crippen LogP contribution in [-0.2, 0) is 12.8 Å². The number of hydrogen-bond donors (Lipinski definition) is 0. The van der Waals surface area contributed by atoms with E-state index in [0.29, 0.717) is 0 Å². The molecule has 108 valence electrons. The van der Waals surface area contributed by atoms with E-state index in [1.54, 1.807) is 7.11 Å². The molecular weight excluding hydrogens is 284 g/mol. The van der Waals surface area contributed by atoms with Gasteiger partial charge in [0, 0.05) is 16.5 Å². The number of ketones is 1. The largest absolute Gasteiger partial charge is 0.497 e. The predicted octanol–water partition coefficient (Wildman–Crippen LogP) is 4.34. The summed E-state index contributed by atoms with van der Waals surface area (Å²) in [7, 11) is 1.65. The van der Waals surface area contributed by atoms with E-state index in [-0.39, 0.29) is 11.7 Å². The van der Waals surface area contributed by atoms with Gasteiger partial charge in [-0.2, -0.15) is 0 Å². The number of Topliss-reactive ketones (excluding diaryl/α,β-unsaturated/α-hetero) is 1. The van der Waals surface area contributed by atoms with Gasteiger partial charge in [-0.25, -0.2) is 0 Å². The fourth-order valence-electron chi connectivity index (χ4n) is 2.92. The Morgan fingerprint density at radius 2 is 1.95 bits per heavy atom. The molecule has 1 unspecified atom stereocenters. The van der Waals surface area contributed by atoms with Crippen LogP contribution in [0.25, 0.3) is 0 Å². The standard InChI is InChI=1S/C18H17ClO2/c1-21-16-8-9-17-13(11-16)4-5-14(18(17)20)10-12-2-6-15(19)7-3-12/h2-3,6-9,11,14H,4-5,10H2,1H3. The zero-order valence-corrected chi connectivity index (χ0v) is 12.7. The highest BCUT2D eigenvalue weighted by Gasteiger charge is 2.27. The number of ether oxygens (including phenoxy) is 1. The van der Waals surface area contributed by atoms with E-state index < -0.39 is 0 Å². The maximum atomic E-state index is 12.6. The number of hydrogen-bond acceptors (Lipinski definition) is 2. The molecular formula is C18H17ClO2. The van der Waals surface area contributed by atoms with Gasteiger partial charge in [-0.15, -0.1) is 0 Å². The normalized spacial score (nSPS) is 17.4. The summed E-state index contributed by atoms with van der Waals surface area (Å²) >= 11 is 5.90. The van der Waals surface area contributed by atoms with E-state index >= 15 is 0 Å². The molecule has 2 nitrogen and oxygen atoms in total. The number of fused-ring (bicyclic) bond motifs is 1. The van der Waals surface area contributed by atoms with Crippen molar-refractivity contribution in [2.45, 2.75) is 19.3 Å². The summed E-state index contributed by atoms with van der Waals surface area (Å²) < 4.78 is 5.23. The van der Waals surface area contributed by atoms with Gasteiger partial charge in [0.05, 0.1) is 7.11 Å². The van der Waals surface area contributed by atoms with Crippen molar-refractivity contribution in [1.29, 1.82) is 0 Å². The Kier molecular flexibility index (Phi) is 3.98. The molecule has 1 aliphatic carbocycles. The van der Waals surface area contributed by atoms with E-state index in [4.69, 9.17) is 16.3 Å². The van der Waals surface area contributed by atoms with Gasteiger partial charge in [-0.05, 0) is 60.7 Å². The topological polar surface area (TPSA) is 26.3 Å². The molecule has 0 fully saturated rings. The number of halogens is 1. The zero-order valence-electron chi connectivity index (χ0n) is 11.9. The summed E-state index contributed by atoms with van der Waals surface area (Å²) in [6.07, 6.45) is 2.60. The molecule has 3 heteroatoms. The third kappa shape index (κ3) is 2.96. The summed E-state index contributed by atoms with van der Waals surface area (Å²) in [6, 6.07) is 13.5. The zero-order chi connectivity index (χ0) is 14.8. The first kappa shape index (κ1) is 14.2. The summed E-state index contributed by atoms with van der Waals surface area (Å²) in [5, 5.41) is 0.728. The lowest BCUT2D eigenvalue weighted by Gasteiger charge is -2.23. The van der Waals surface area contributed by atoms with Crippen molar-refractivity contribution in [3.8, 4) is 5.75 Å². The van der Waals surface area contributed by atoms with E-state index in [9.17, 15) is 4.79 Å². The van der Waals surface area contributed by atoms with Gasteiger partial charge in [0.1, 0.15) is 5.75 Å². The van der Waals surface area contributed by atoms with Gasteiger partial charge in [-0.3, -0.25) is 4.79 Å². The molecule has 0 N–H and O–H groups in total. The number of carbonyl (C=O) groups is 1. The van der Waals surface area contributed by atoms with Crippen LogP contribution in [0.1, 0.15) is 27.9 Å². The van der Waals surface area contributed by atoms with Crippen molar-refractivity contribution in [3.05, 3.63) is 64.2 Å². The number of aryl methyl sites for hydroxylation is 1. The molecule has 2 aromatic carbocycles. The van der Waals surface area contributed by atoms with Crippen LogP contribution in [0.15, 0.2) is 42.5 Å². The second-order valence-corrected chi connectivity index (χ2v) is 5.89. The van der Waals surface area contributed by atoms with Crippen molar-refractivity contribution in [2.75, 3.05) is 7.11 Å². The SMILES string of the molecule is COc1ccc2c(c1)CCC(Cc1ccc(Cl)cc1)C2=O. The summed E-state index contributed by atoms with van der Waals surface area (Å²) in [5.41, 5.74) is 3.11. The summed E-state index contributed by atoms with van der Waals surface area (Å²) in [4.78, 5) is 12.6. The lowest BCUT2D eigenvalue weighted by Crippen LogP contribution is -2.24. The fourth-order valence-corrected chi connectivity index (χ4v) is 3.05. The van der Waals surface area contributed by atoms with Gasteiger partial charge < -0.3 is 4.74 Å². The van der Waals surface area contributed by atoms with Crippen LogP contribution in [0, 0.1) is 5.92 Å². The average Bonchev–Trinajstić information content (AvgIpc) is 2.52. The Bertz CT molecular complexity index is 661. The molecule has 0 aromatic heterocycles. The van der Waals surface area contributed by atoms with E-state index in [1.165, 1.54) is 0 Å². The third-order valence-corrected chi connectivity index (χ3v) is 4.36. The monoisotopic (exact) mass is 300 g/mol.